The van der Waals surface area contributed by atoms with Gasteiger partial charge in [-0.1, -0.05) is 49.8 Å². The zero-order chi connectivity index (χ0) is 27.6. The van der Waals surface area contributed by atoms with E-state index >= 15 is 0 Å². The molecule has 3 N–H and O–H groups in total. The van der Waals surface area contributed by atoms with Gasteiger partial charge in [0.1, 0.15) is 11.3 Å². The number of hydrogen-bond acceptors (Lipinski definition) is 6. The highest BCUT2D eigenvalue weighted by atomic mass is 16.5. The van der Waals surface area contributed by atoms with Gasteiger partial charge in [-0.25, -0.2) is 9.97 Å². The van der Waals surface area contributed by atoms with Crippen molar-refractivity contribution in [1.29, 1.82) is 0 Å². The minimum atomic E-state index is -0.101. The highest BCUT2D eigenvalue weighted by Gasteiger charge is 2.16. The van der Waals surface area contributed by atoms with Gasteiger partial charge in [0.15, 0.2) is 5.82 Å². The van der Waals surface area contributed by atoms with Crippen LogP contribution < -0.4 is 16.0 Å². The second-order valence-electron chi connectivity index (χ2n) is 9.97. The number of imidazole rings is 1. The maximum absolute atomic E-state index is 12.2. The molecule has 0 aliphatic carbocycles. The molecule has 2 heterocycles. The molecule has 0 aliphatic rings. The number of nitrogen functional groups attached to an aromatic ring is 1. The minimum absolute atomic E-state index is 0.101. The monoisotopic (exact) mass is 528 g/mol. The number of nitrogens with zero attached hydrogens (tertiary/aromatic N) is 4. The molecule has 0 atom stereocenters. The molecule has 4 aromatic rings. The van der Waals surface area contributed by atoms with Gasteiger partial charge in [0.25, 0.3) is 0 Å². The molecule has 8 nitrogen and oxygen atoms in total. The summed E-state index contributed by atoms with van der Waals surface area (Å²) in [7, 11) is 4.03. The van der Waals surface area contributed by atoms with Crippen molar-refractivity contribution in [1.82, 2.24) is 19.9 Å². The van der Waals surface area contributed by atoms with E-state index < -0.39 is 0 Å². The van der Waals surface area contributed by atoms with E-state index in [4.69, 9.17) is 15.5 Å². The average Bonchev–Trinajstić information content (AvgIpc) is 3.31. The molecule has 2 aromatic heterocycles. The van der Waals surface area contributed by atoms with Gasteiger partial charge in [-0.15, -0.1) is 0 Å². The molecule has 0 saturated carbocycles. The highest BCUT2D eigenvalue weighted by molar-refractivity contribution is 6.06. The number of para-hydroxylation sites is 1. The lowest BCUT2D eigenvalue weighted by Gasteiger charge is -2.12. The summed E-state index contributed by atoms with van der Waals surface area (Å²) in [6.07, 6.45) is 8.17. The highest BCUT2D eigenvalue weighted by Crippen LogP contribution is 2.29. The van der Waals surface area contributed by atoms with E-state index in [1.807, 2.05) is 32.3 Å². The summed E-state index contributed by atoms with van der Waals surface area (Å²) in [5.41, 5.74) is 11.3. The van der Waals surface area contributed by atoms with Crippen LogP contribution in [0, 0.1) is 0 Å². The molecular weight excluding hydrogens is 488 g/mol. The number of aryl methyl sites for hydroxylation is 2. The van der Waals surface area contributed by atoms with Gasteiger partial charge in [-0.2, -0.15) is 0 Å². The number of amides is 1. The molecule has 2 aromatic carbocycles. The van der Waals surface area contributed by atoms with Gasteiger partial charge < -0.3 is 25.3 Å². The number of carbonyl (C=O) groups is 1. The van der Waals surface area contributed by atoms with Crippen molar-refractivity contribution in [2.75, 3.05) is 37.9 Å². The molecule has 0 fully saturated rings. The van der Waals surface area contributed by atoms with Crippen LogP contribution in [0.25, 0.3) is 21.9 Å². The maximum atomic E-state index is 12.2. The number of benzene rings is 2. The number of aromatic nitrogens is 3. The van der Waals surface area contributed by atoms with Crippen LogP contribution in [0.2, 0.25) is 0 Å². The van der Waals surface area contributed by atoms with Crippen molar-refractivity contribution < 1.29 is 9.53 Å². The van der Waals surface area contributed by atoms with E-state index in [2.05, 4.69) is 57.0 Å². The Bertz CT molecular complexity index is 1410. The summed E-state index contributed by atoms with van der Waals surface area (Å²) >= 11 is 0. The molecule has 0 saturated heterocycles. The summed E-state index contributed by atoms with van der Waals surface area (Å²) in [4.78, 5) is 23.7. The Morgan fingerprint density at radius 2 is 1.87 bits per heavy atom. The van der Waals surface area contributed by atoms with Crippen LogP contribution in [-0.2, 0) is 29.1 Å². The van der Waals surface area contributed by atoms with Crippen molar-refractivity contribution in [2.45, 2.75) is 52.2 Å². The van der Waals surface area contributed by atoms with E-state index in [0.29, 0.717) is 25.6 Å². The van der Waals surface area contributed by atoms with Crippen molar-refractivity contribution in [3.63, 3.8) is 0 Å². The van der Waals surface area contributed by atoms with Crippen molar-refractivity contribution in [2.24, 2.45) is 0 Å². The Morgan fingerprint density at radius 1 is 1.08 bits per heavy atom. The molecule has 0 bridgehead atoms. The molecule has 4 rings (SSSR count). The number of rotatable bonds is 14. The molecule has 0 spiro atoms. The third kappa shape index (κ3) is 7.35. The number of fused-ring (bicyclic) bond motifs is 3. The van der Waals surface area contributed by atoms with Crippen LogP contribution in [0.1, 0.15) is 44.0 Å². The van der Waals surface area contributed by atoms with Gasteiger partial charge in [0.2, 0.25) is 5.91 Å². The predicted molar refractivity (Wildman–Crippen MR) is 160 cm³/mol. The van der Waals surface area contributed by atoms with Crippen LogP contribution in [0.4, 0.5) is 11.5 Å². The van der Waals surface area contributed by atoms with E-state index in [0.717, 1.165) is 77.7 Å². The molecule has 206 valence electrons. The lowest BCUT2D eigenvalue weighted by molar-refractivity contribution is -0.116. The summed E-state index contributed by atoms with van der Waals surface area (Å²) < 4.78 is 7.97. The quantitative estimate of drug-likeness (QED) is 0.171. The normalized spacial score (nSPS) is 11.6. The Labute approximate surface area is 230 Å². The molecule has 0 radical (unpaired) electrons. The first-order valence-electron chi connectivity index (χ1n) is 13.8. The molecule has 39 heavy (non-hydrogen) atoms. The van der Waals surface area contributed by atoms with Crippen molar-refractivity contribution in [3.05, 3.63) is 72.1 Å². The number of unbranched alkanes of at least 4 members (excludes halogenated alkanes) is 2. The third-order valence-corrected chi connectivity index (χ3v) is 6.76. The van der Waals surface area contributed by atoms with E-state index in [1.165, 1.54) is 0 Å². The number of nitrogens with two attached hydrogens (primary N) is 1. The number of pyridine rings is 1. The number of carbonyl (C=O) groups excluding carboxylic acids is 1. The van der Waals surface area contributed by atoms with Crippen LogP contribution in [0.3, 0.4) is 0 Å². The lowest BCUT2D eigenvalue weighted by Crippen LogP contribution is -2.22. The second-order valence-corrected chi connectivity index (χ2v) is 9.97. The Morgan fingerprint density at radius 3 is 2.64 bits per heavy atom. The van der Waals surface area contributed by atoms with Gasteiger partial charge in [0.05, 0.1) is 24.2 Å². The first kappa shape index (κ1) is 28.1. The first-order chi connectivity index (χ1) is 19.0. The molecule has 1 amide bonds. The lowest BCUT2D eigenvalue weighted by atomic mass is 10.2. The van der Waals surface area contributed by atoms with Crippen molar-refractivity contribution in [3.8, 4) is 0 Å². The Kier molecular flexibility index (Phi) is 9.91. The summed E-state index contributed by atoms with van der Waals surface area (Å²) in [6.45, 7) is 4.52. The average molecular weight is 529 g/mol. The Balaban J connectivity index is 1.25. The zero-order valence-corrected chi connectivity index (χ0v) is 23.3. The van der Waals surface area contributed by atoms with Gasteiger partial charge in [-0.05, 0) is 43.0 Å². The van der Waals surface area contributed by atoms with Crippen LogP contribution in [-0.4, -0.2) is 47.7 Å². The fraction of sp³-hybridized carbons (Fsp3) is 0.387. The summed E-state index contributed by atoms with van der Waals surface area (Å²) in [5.74, 6) is 1.43. The maximum Gasteiger partial charge on any atom is 0.243 e. The fourth-order valence-corrected chi connectivity index (χ4v) is 4.63. The smallest absolute Gasteiger partial charge is 0.243 e. The molecule has 0 aliphatic heterocycles. The van der Waals surface area contributed by atoms with E-state index in [-0.39, 0.29) is 5.91 Å². The van der Waals surface area contributed by atoms with Crippen LogP contribution in [0.5, 0.6) is 0 Å². The largest absolute Gasteiger partial charge is 0.382 e. The summed E-state index contributed by atoms with van der Waals surface area (Å²) in [6, 6.07) is 16.3. The van der Waals surface area contributed by atoms with Crippen LogP contribution in [0.15, 0.2) is 60.7 Å². The standard InChI is InChI=1S/C31H40N6O2/c1-4-5-13-27-35-29-30(25-11-6-7-12-26(25)34-31(29)32)37(27)20-9-8-19-33-28(38)14-10-21-39-22-23-15-17-24(18-16-23)36(2)3/h6-7,10-12,14-18H,4-5,8-9,13,19-22H2,1-3H3,(H2,32,34)(H,33,38)/b14-10+. The first-order valence-corrected chi connectivity index (χ1v) is 13.8. The molecule has 0 unspecified atom stereocenters. The Hall–Kier alpha value is -3.91. The fourth-order valence-electron chi connectivity index (χ4n) is 4.63. The SMILES string of the molecule is CCCCc1nc2c(N)nc3ccccc3c2n1CCCCNC(=O)/C=C/COCc1ccc(N(C)C)cc1. The van der Waals surface area contributed by atoms with E-state index in [1.54, 1.807) is 12.2 Å². The number of ether oxygens (including phenoxy) is 1. The van der Waals surface area contributed by atoms with Gasteiger partial charge in [0, 0.05) is 50.8 Å². The third-order valence-electron chi connectivity index (χ3n) is 6.76. The van der Waals surface area contributed by atoms with Crippen molar-refractivity contribution >= 4 is 39.3 Å². The topological polar surface area (TPSA) is 98.3 Å². The summed E-state index contributed by atoms with van der Waals surface area (Å²) in [5, 5.41) is 4.04. The minimum Gasteiger partial charge on any atom is -0.382 e. The molecular formula is C31H40N6O2. The number of anilines is 2. The van der Waals surface area contributed by atoms with E-state index in [9.17, 15) is 4.79 Å². The predicted octanol–water partition coefficient (Wildman–Crippen LogP) is 5.24. The zero-order valence-electron chi connectivity index (χ0n) is 23.3. The van der Waals surface area contributed by atoms with Gasteiger partial charge >= 0.3 is 0 Å². The van der Waals surface area contributed by atoms with Gasteiger partial charge in [-0.3, -0.25) is 4.79 Å². The number of hydrogen-bond donors (Lipinski definition) is 2. The second kappa shape index (κ2) is 13.8. The number of nitrogens with one attached hydrogen (secondary N) is 1. The molecule has 8 heteroatoms. The van der Waals surface area contributed by atoms with Crippen LogP contribution >= 0.6 is 0 Å².